The quantitative estimate of drug-likeness (QED) is 0.591. The van der Waals surface area contributed by atoms with E-state index in [1.807, 2.05) is 13.0 Å². The van der Waals surface area contributed by atoms with Crippen LogP contribution in [0.4, 0.5) is 0 Å². The van der Waals surface area contributed by atoms with Crippen LogP contribution >= 0.6 is 0 Å². The molecule has 11 heavy (non-hydrogen) atoms. The average molecular weight is 150 g/mol. The summed E-state index contributed by atoms with van der Waals surface area (Å²) in [5, 5.41) is 0. The van der Waals surface area contributed by atoms with E-state index in [0.717, 1.165) is 18.4 Å². The maximum Gasteiger partial charge on any atom is 0.162 e. The smallest absolute Gasteiger partial charge is 0.162 e. The fourth-order valence-corrected chi connectivity index (χ4v) is 1.20. The Hall–Kier alpha value is -0.850. The molecule has 0 spiro atoms. The Labute approximate surface area is 67.8 Å². The van der Waals surface area contributed by atoms with Crippen molar-refractivity contribution in [3.8, 4) is 0 Å². The molecular formula is C10H14O. The van der Waals surface area contributed by atoms with E-state index in [2.05, 4.69) is 13.0 Å². The predicted octanol–water partition coefficient (Wildman–Crippen LogP) is 2.63. The maximum atomic E-state index is 11.0. The standard InChI is InChI=1S/C10H14O/c1-3-4-5-9-6-8(2)10(11)7-9/h5-6H,3-4,7H2,1-2H3/b9-5-. The van der Waals surface area contributed by atoms with Crippen LogP contribution in [0.25, 0.3) is 0 Å². The Kier molecular flexibility index (Phi) is 2.64. The number of carbonyl (C=O) groups is 1. The zero-order valence-corrected chi connectivity index (χ0v) is 7.18. The summed E-state index contributed by atoms with van der Waals surface area (Å²) in [6.07, 6.45) is 7.04. The van der Waals surface area contributed by atoms with Crippen LogP contribution in [0.5, 0.6) is 0 Å². The molecule has 1 aliphatic rings. The van der Waals surface area contributed by atoms with Gasteiger partial charge in [-0.25, -0.2) is 0 Å². The van der Waals surface area contributed by atoms with Gasteiger partial charge >= 0.3 is 0 Å². The lowest BCUT2D eigenvalue weighted by atomic mass is 10.2. The number of carbonyl (C=O) groups excluding carboxylic acids is 1. The van der Waals surface area contributed by atoms with Crippen LogP contribution in [0, 0.1) is 0 Å². The second-order valence-corrected chi connectivity index (χ2v) is 3.00. The first kappa shape index (κ1) is 8.25. The molecule has 0 saturated heterocycles. The van der Waals surface area contributed by atoms with Gasteiger partial charge in [0.15, 0.2) is 5.78 Å². The number of rotatable bonds is 2. The third-order valence-corrected chi connectivity index (χ3v) is 1.90. The number of Topliss-reactive ketones (excluding diaryl/α,β-unsaturated/α-hetero) is 1. The van der Waals surface area contributed by atoms with Gasteiger partial charge in [0.25, 0.3) is 0 Å². The lowest BCUT2D eigenvalue weighted by molar-refractivity contribution is -0.114. The van der Waals surface area contributed by atoms with E-state index in [9.17, 15) is 4.79 Å². The highest BCUT2D eigenvalue weighted by Crippen LogP contribution is 2.19. The second kappa shape index (κ2) is 3.51. The Bertz CT molecular complexity index is 221. The van der Waals surface area contributed by atoms with Crippen molar-refractivity contribution in [2.75, 3.05) is 0 Å². The lowest BCUT2D eigenvalue weighted by Gasteiger charge is -1.89. The number of hydrogen-bond acceptors (Lipinski definition) is 1. The van der Waals surface area contributed by atoms with Gasteiger partial charge in [-0.2, -0.15) is 0 Å². The van der Waals surface area contributed by atoms with Gasteiger partial charge in [-0.1, -0.05) is 25.5 Å². The third kappa shape index (κ3) is 2.04. The topological polar surface area (TPSA) is 17.1 Å². The van der Waals surface area contributed by atoms with Crippen molar-refractivity contribution >= 4 is 5.78 Å². The highest BCUT2D eigenvalue weighted by atomic mass is 16.1. The Balaban J connectivity index is 2.60. The van der Waals surface area contributed by atoms with Gasteiger partial charge in [0.05, 0.1) is 0 Å². The molecule has 0 fully saturated rings. The molecule has 60 valence electrons. The zero-order chi connectivity index (χ0) is 8.27. The molecule has 0 bridgehead atoms. The van der Waals surface area contributed by atoms with Gasteiger partial charge in [0.1, 0.15) is 0 Å². The molecule has 0 unspecified atom stereocenters. The SMILES string of the molecule is CCC/C=C1/C=C(C)C(=O)C1. The Morgan fingerprint density at radius 2 is 2.36 bits per heavy atom. The molecule has 0 aromatic heterocycles. The van der Waals surface area contributed by atoms with Gasteiger partial charge in [0, 0.05) is 6.42 Å². The molecule has 0 atom stereocenters. The molecule has 0 radical (unpaired) electrons. The molecule has 0 saturated carbocycles. The van der Waals surface area contributed by atoms with Crippen LogP contribution in [-0.2, 0) is 4.79 Å². The van der Waals surface area contributed by atoms with Gasteiger partial charge in [-0.05, 0) is 24.5 Å². The summed E-state index contributed by atoms with van der Waals surface area (Å²) >= 11 is 0. The third-order valence-electron chi connectivity index (χ3n) is 1.90. The van der Waals surface area contributed by atoms with Crippen LogP contribution in [0.3, 0.4) is 0 Å². The molecule has 0 aromatic carbocycles. The molecule has 0 N–H and O–H groups in total. The molecule has 1 aliphatic carbocycles. The van der Waals surface area contributed by atoms with E-state index in [4.69, 9.17) is 0 Å². The molecule has 1 rings (SSSR count). The van der Waals surface area contributed by atoms with Crippen molar-refractivity contribution in [2.45, 2.75) is 33.1 Å². The van der Waals surface area contributed by atoms with E-state index in [1.165, 1.54) is 5.57 Å². The first-order valence-corrected chi connectivity index (χ1v) is 4.14. The van der Waals surface area contributed by atoms with Crippen LogP contribution in [0.1, 0.15) is 33.1 Å². The van der Waals surface area contributed by atoms with Crippen molar-refractivity contribution in [3.63, 3.8) is 0 Å². The van der Waals surface area contributed by atoms with E-state index >= 15 is 0 Å². The fraction of sp³-hybridized carbons (Fsp3) is 0.500. The van der Waals surface area contributed by atoms with Gasteiger partial charge < -0.3 is 0 Å². The molecule has 0 amide bonds. The normalized spacial score (nSPS) is 21.1. The van der Waals surface area contributed by atoms with Crippen LogP contribution in [0.15, 0.2) is 23.3 Å². The molecular weight excluding hydrogens is 136 g/mol. The minimum absolute atomic E-state index is 0.285. The number of allylic oxidation sites excluding steroid dienone is 4. The maximum absolute atomic E-state index is 11.0. The molecule has 1 heteroatoms. The van der Waals surface area contributed by atoms with Crippen LogP contribution in [0.2, 0.25) is 0 Å². The summed E-state index contributed by atoms with van der Waals surface area (Å²) in [7, 11) is 0. The van der Waals surface area contributed by atoms with Gasteiger partial charge in [-0.15, -0.1) is 0 Å². The highest BCUT2D eigenvalue weighted by molar-refractivity contribution is 6.00. The number of ketones is 1. The minimum Gasteiger partial charge on any atom is -0.294 e. The van der Waals surface area contributed by atoms with Crippen LogP contribution in [-0.4, -0.2) is 5.78 Å². The zero-order valence-electron chi connectivity index (χ0n) is 7.18. The predicted molar refractivity (Wildman–Crippen MR) is 46.4 cm³/mol. The van der Waals surface area contributed by atoms with Gasteiger partial charge in [-0.3, -0.25) is 4.79 Å². The summed E-state index contributed by atoms with van der Waals surface area (Å²) in [5.74, 6) is 0.285. The van der Waals surface area contributed by atoms with Crippen molar-refractivity contribution < 1.29 is 4.79 Å². The lowest BCUT2D eigenvalue weighted by Crippen LogP contribution is -1.90. The molecule has 0 heterocycles. The highest BCUT2D eigenvalue weighted by Gasteiger charge is 2.13. The monoisotopic (exact) mass is 150 g/mol. The van der Waals surface area contributed by atoms with Crippen LogP contribution < -0.4 is 0 Å². The van der Waals surface area contributed by atoms with Crippen molar-refractivity contribution in [2.24, 2.45) is 0 Å². The first-order valence-electron chi connectivity index (χ1n) is 4.14. The summed E-state index contributed by atoms with van der Waals surface area (Å²) in [4.78, 5) is 11.0. The minimum atomic E-state index is 0.285. The average Bonchev–Trinajstić information content (AvgIpc) is 2.28. The molecule has 0 aromatic rings. The fourth-order valence-electron chi connectivity index (χ4n) is 1.20. The summed E-state index contributed by atoms with van der Waals surface area (Å²) in [5.41, 5.74) is 2.11. The van der Waals surface area contributed by atoms with E-state index in [0.29, 0.717) is 6.42 Å². The van der Waals surface area contributed by atoms with Crippen molar-refractivity contribution in [1.29, 1.82) is 0 Å². The van der Waals surface area contributed by atoms with E-state index < -0.39 is 0 Å². The molecule has 0 aliphatic heterocycles. The largest absolute Gasteiger partial charge is 0.294 e. The Morgan fingerprint density at radius 3 is 2.82 bits per heavy atom. The summed E-state index contributed by atoms with van der Waals surface area (Å²) < 4.78 is 0. The first-order chi connectivity index (χ1) is 5.24. The second-order valence-electron chi connectivity index (χ2n) is 3.00. The summed E-state index contributed by atoms with van der Waals surface area (Å²) in [6.45, 7) is 4.03. The van der Waals surface area contributed by atoms with Crippen molar-refractivity contribution in [3.05, 3.63) is 23.3 Å². The summed E-state index contributed by atoms with van der Waals surface area (Å²) in [6, 6.07) is 0. The van der Waals surface area contributed by atoms with Crippen molar-refractivity contribution in [1.82, 2.24) is 0 Å². The van der Waals surface area contributed by atoms with Gasteiger partial charge in [0.2, 0.25) is 0 Å². The Morgan fingerprint density at radius 1 is 1.64 bits per heavy atom. The molecule has 1 nitrogen and oxygen atoms in total. The van der Waals surface area contributed by atoms with E-state index in [1.54, 1.807) is 0 Å². The number of unbranched alkanes of at least 4 members (excludes halogenated alkanes) is 1. The van der Waals surface area contributed by atoms with E-state index in [-0.39, 0.29) is 5.78 Å². The number of hydrogen-bond donors (Lipinski definition) is 0.